The average Bonchev–Trinajstić information content (AvgIpc) is 3.46. The largest absolute Gasteiger partial charge is 0.481 e. The van der Waals surface area contributed by atoms with Gasteiger partial charge in [0.05, 0.1) is 30.2 Å². The van der Waals surface area contributed by atoms with Gasteiger partial charge in [0.1, 0.15) is 6.10 Å². The van der Waals surface area contributed by atoms with Crippen molar-refractivity contribution in [1.82, 2.24) is 15.2 Å². The predicted molar refractivity (Wildman–Crippen MR) is 226 cm³/mol. The Morgan fingerprint density at radius 2 is 1.72 bits per heavy atom. The molecule has 58 heavy (non-hydrogen) atoms. The summed E-state index contributed by atoms with van der Waals surface area (Å²) in [6.45, 7) is 23.7. The number of carbonyl (C=O) groups is 3. The fraction of sp³-hybridized carbons (Fsp3) is 0.792. The van der Waals surface area contributed by atoms with Crippen molar-refractivity contribution in [3.8, 4) is 0 Å². The lowest BCUT2D eigenvalue weighted by Gasteiger charge is -2.72. The Bertz CT molecular complexity index is 1710. The summed E-state index contributed by atoms with van der Waals surface area (Å²) in [6, 6.07) is 5.98. The van der Waals surface area contributed by atoms with Crippen LogP contribution in [0.25, 0.3) is 0 Å². The van der Waals surface area contributed by atoms with Gasteiger partial charge in [0, 0.05) is 63.3 Å². The number of Topliss-reactive ketones (excluding diaryl/α,β-unsaturated/α-hetero) is 1. The number of carboxylic acid groups (broad SMARTS) is 1. The molecule has 3 N–H and O–H groups in total. The van der Waals surface area contributed by atoms with Crippen molar-refractivity contribution >= 4 is 17.7 Å². The molecule has 0 aromatic carbocycles. The van der Waals surface area contributed by atoms with Crippen molar-refractivity contribution in [1.29, 1.82) is 0 Å². The molecule has 10 heteroatoms. The number of ketones is 1. The van der Waals surface area contributed by atoms with Crippen molar-refractivity contribution in [3.63, 3.8) is 0 Å². The molecule has 4 fully saturated rings. The van der Waals surface area contributed by atoms with E-state index in [-0.39, 0.29) is 51.8 Å². The van der Waals surface area contributed by atoms with Gasteiger partial charge >= 0.3 is 11.9 Å². The Morgan fingerprint density at radius 3 is 2.38 bits per heavy atom. The smallest absolute Gasteiger partial charge is 0.309 e. The summed E-state index contributed by atoms with van der Waals surface area (Å²) < 4.78 is 11.4. The van der Waals surface area contributed by atoms with Crippen molar-refractivity contribution in [3.05, 3.63) is 41.2 Å². The summed E-state index contributed by atoms with van der Waals surface area (Å²) in [7, 11) is 1.71. The number of aliphatic hydroxyl groups excluding tert-OH is 1. The Labute approximate surface area is 348 Å². The van der Waals surface area contributed by atoms with Gasteiger partial charge in [-0.15, -0.1) is 0 Å². The number of ether oxygens (including phenoxy) is 2. The van der Waals surface area contributed by atoms with Crippen LogP contribution < -0.4 is 5.32 Å². The molecule has 5 aliphatic carbocycles. The molecule has 10 nitrogen and oxygen atoms in total. The summed E-state index contributed by atoms with van der Waals surface area (Å²) in [5, 5.41) is 25.8. The molecule has 1 aromatic heterocycles. The average molecular weight is 806 g/mol. The highest BCUT2D eigenvalue weighted by atomic mass is 16.5. The van der Waals surface area contributed by atoms with Crippen LogP contribution in [0.2, 0.25) is 0 Å². The number of rotatable bonds is 16. The van der Waals surface area contributed by atoms with Crippen LogP contribution in [-0.4, -0.2) is 89.9 Å². The second-order valence-electron chi connectivity index (χ2n) is 21.4. The zero-order chi connectivity index (χ0) is 42.5. The quantitative estimate of drug-likeness (QED) is 0.112. The molecule has 9 atom stereocenters. The van der Waals surface area contributed by atoms with E-state index in [0.717, 1.165) is 82.3 Å². The predicted octanol–water partition coefficient (Wildman–Crippen LogP) is 7.87. The highest BCUT2D eigenvalue weighted by Crippen LogP contribution is 2.77. The molecule has 0 radical (unpaired) electrons. The molecule has 0 spiro atoms. The van der Waals surface area contributed by atoms with Crippen LogP contribution in [0.5, 0.6) is 0 Å². The maximum absolute atomic E-state index is 14.3. The van der Waals surface area contributed by atoms with Crippen LogP contribution in [0.3, 0.4) is 0 Å². The first-order valence-corrected chi connectivity index (χ1v) is 22.4. The van der Waals surface area contributed by atoms with Crippen LogP contribution in [0, 0.1) is 56.2 Å². The van der Waals surface area contributed by atoms with E-state index in [1.807, 2.05) is 24.4 Å². The number of carbonyl (C=O) groups excluding carboxylic acids is 2. The zero-order valence-electron chi connectivity index (χ0n) is 37.4. The fourth-order valence-corrected chi connectivity index (χ4v) is 13.8. The van der Waals surface area contributed by atoms with Crippen LogP contribution >= 0.6 is 0 Å². The minimum Gasteiger partial charge on any atom is -0.481 e. The van der Waals surface area contributed by atoms with E-state index >= 15 is 0 Å². The lowest BCUT2D eigenvalue weighted by molar-refractivity contribution is -0.235. The molecule has 1 heterocycles. The summed E-state index contributed by atoms with van der Waals surface area (Å²) in [5.41, 5.74) is 1.28. The van der Waals surface area contributed by atoms with Gasteiger partial charge in [-0.2, -0.15) is 0 Å². The number of methoxy groups -OCH3 is 1. The summed E-state index contributed by atoms with van der Waals surface area (Å²) in [4.78, 5) is 46.2. The number of carboxylic acids is 1. The van der Waals surface area contributed by atoms with Crippen LogP contribution in [0.4, 0.5) is 0 Å². The van der Waals surface area contributed by atoms with Crippen LogP contribution in [0.15, 0.2) is 35.5 Å². The van der Waals surface area contributed by atoms with Gasteiger partial charge in [0.15, 0.2) is 5.78 Å². The number of hydrogen-bond donors (Lipinski definition) is 3. The number of esters is 1. The number of aliphatic carboxylic acids is 1. The molecule has 1 aromatic rings. The maximum Gasteiger partial charge on any atom is 0.309 e. The van der Waals surface area contributed by atoms with Crippen molar-refractivity contribution < 1.29 is 34.1 Å². The molecule has 1 unspecified atom stereocenters. The first-order valence-electron chi connectivity index (χ1n) is 22.4. The molecule has 324 valence electrons. The second kappa shape index (κ2) is 16.7. The standard InChI is InChI=1S/C48H75N3O7/c1-31(2)40-34(52)27-48(37(53)30-51(25-23-49-24-26-57-10)29-32-13-11-12-22-50-32)21-20-46(8)33(41(40)48)14-15-36-45(7)18-17-38(58-39(54)28-43(3,4)42(55)56)44(5,6)35(45)16-19-47(36,46)9/h11-13,22,31,33,35-38,49,53H,14-21,23-30H2,1-10H3,(H,55,56)/t33-,35?,36-,37+,38+,45+,46-,47-,48+/m1/s1. The summed E-state index contributed by atoms with van der Waals surface area (Å²) >= 11 is 0. The minimum absolute atomic E-state index is 0.0308. The Hall–Kier alpha value is -2.66. The zero-order valence-corrected chi connectivity index (χ0v) is 37.4. The Balaban J connectivity index is 1.27. The molecule has 0 aliphatic heterocycles. The SMILES string of the molecule is COCCNCCN(Cc1ccccn1)C[C@H](O)[C@@]12CC[C@]3(C)[C@H](CC[C@@H]4[C@@]5(C)CC[C@H](OC(=O)CC(C)(C)C(=O)O)C(C)(C)C5CC[C@]43C)C1=C(C(C)C)C(=O)C2. The van der Waals surface area contributed by atoms with E-state index in [1.165, 1.54) is 5.57 Å². The van der Waals surface area contributed by atoms with Gasteiger partial charge < -0.3 is 25.0 Å². The summed E-state index contributed by atoms with van der Waals surface area (Å²) in [5.74, 6) is -0.0398. The highest BCUT2D eigenvalue weighted by Gasteiger charge is 2.71. The molecular formula is C48H75N3O7. The van der Waals surface area contributed by atoms with E-state index in [9.17, 15) is 24.6 Å². The van der Waals surface area contributed by atoms with E-state index in [0.29, 0.717) is 38.0 Å². The normalized spacial score (nSPS) is 34.9. The van der Waals surface area contributed by atoms with Gasteiger partial charge in [-0.25, -0.2) is 0 Å². The molecule has 5 aliphatic rings. The van der Waals surface area contributed by atoms with Gasteiger partial charge in [0.25, 0.3) is 0 Å². The third-order valence-electron chi connectivity index (χ3n) is 17.1. The van der Waals surface area contributed by atoms with Crippen molar-refractivity contribution in [2.24, 2.45) is 56.2 Å². The van der Waals surface area contributed by atoms with Crippen LogP contribution in [0.1, 0.15) is 132 Å². The third-order valence-corrected chi connectivity index (χ3v) is 17.1. The first kappa shape index (κ1) is 44.9. The summed E-state index contributed by atoms with van der Waals surface area (Å²) in [6.07, 6.45) is 8.86. The lowest BCUT2D eigenvalue weighted by Crippen LogP contribution is -2.66. The Morgan fingerprint density at radius 1 is 0.983 bits per heavy atom. The number of aromatic nitrogens is 1. The number of fused-ring (bicyclic) bond motifs is 7. The monoisotopic (exact) mass is 806 g/mol. The number of nitrogens with zero attached hydrogens (tertiary/aromatic N) is 2. The van der Waals surface area contributed by atoms with Crippen molar-refractivity contribution in [2.45, 2.75) is 145 Å². The maximum atomic E-state index is 14.3. The third kappa shape index (κ3) is 7.75. The fourth-order valence-electron chi connectivity index (χ4n) is 13.8. The molecular weight excluding hydrogens is 731 g/mol. The molecule has 0 bridgehead atoms. The highest BCUT2D eigenvalue weighted by molar-refractivity contribution is 6.00. The number of aliphatic hydroxyl groups is 1. The van der Waals surface area contributed by atoms with Crippen LogP contribution in [-0.2, 0) is 30.4 Å². The van der Waals surface area contributed by atoms with Gasteiger partial charge in [-0.3, -0.25) is 24.3 Å². The molecule has 0 amide bonds. The number of allylic oxidation sites excluding steroid dienone is 1. The minimum atomic E-state index is -1.17. The van der Waals surface area contributed by atoms with E-state index in [2.05, 4.69) is 63.7 Å². The molecule has 4 saturated carbocycles. The number of pyridine rings is 1. The van der Waals surface area contributed by atoms with E-state index in [1.54, 1.807) is 21.0 Å². The Kier molecular flexibility index (Phi) is 12.9. The van der Waals surface area contributed by atoms with E-state index in [4.69, 9.17) is 9.47 Å². The van der Waals surface area contributed by atoms with Crippen molar-refractivity contribution in [2.75, 3.05) is 39.9 Å². The lowest BCUT2D eigenvalue weighted by atomic mass is 9.33. The second-order valence-corrected chi connectivity index (χ2v) is 21.4. The first-order chi connectivity index (χ1) is 27.2. The molecule has 6 rings (SSSR count). The van der Waals surface area contributed by atoms with E-state index < -0.39 is 28.9 Å². The van der Waals surface area contributed by atoms with Gasteiger partial charge in [0.2, 0.25) is 0 Å². The number of hydrogen-bond acceptors (Lipinski definition) is 9. The number of nitrogens with one attached hydrogen (secondary N) is 1. The topological polar surface area (TPSA) is 138 Å². The van der Waals surface area contributed by atoms with Gasteiger partial charge in [-0.1, -0.05) is 60.1 Å². The molecule has 0 saturated heterocycles. The van der Waals surface area contributed by atoms with Gasteiger partial charge in [-0.05, 0) is 123 Å².